The van der Waals surface area contributed by atoms with E-state index in [1.165, 1.54) is 0 Å². The number of para-hydroxylation sites is 1. The number of hydrogen-bond acceptors (Lipinski definition) is 5. The molecule has 23 heavy (non-hydrogen) atoms. The number of ether oxygens (including phenoxy) is 2. The summed E-state index contributed by atoms with van der Waals surface area (Å²) in [6.07, 6.45) is 1.80. The maximum absolute atomic E-state index is 5.90. The van der Waals surface area contributed by atoms with Crippen LogP contribution in [0, 0.1) is 0 Å². The summed E-state index contributed by atoms with van der Waals surface area (Å²) >= 11 is 0. The van der Waals surface area contributed by atoms with Crippen molar-refractivity contribution >= 4 is 10.9 Å². The van der Waals surface area contributed by atoms with Gasteiger partial charge in [0.15, 0.2) is 0 Å². The number of nitrogens with zero attached hydrogens (tertiary/aromatic N) is 2. The number of benzene rings is 1. The maximum atomic E-state index is 5.90. The molecule has 1 aromatic heterocycles. The lowest BCUT2D eigenvalue weighted by atomic mass is 10.2. The van der Waals surface area contributed by atoms with Crippen molar-refractivity contribution in [3.05, 3.63) is 36.5 Å². The van der Waals surface area contributed by atoms with E-state index >= 15 is 0 Å². The summed E-state index contributed by atoms with van der Waals surface area (Å²) in [6.45, 7) is 8.51. The van der Waals surface area contributed by atoms with Gasteiger partial charge in [0.05, 0.1) is 13.2 Å². The third kappa shape index (κ3) is 4.64. The second-order valence-electron chi connectivity index (χ2n) is 5.95. The van der Waals surface area contributed by atoms with Gasteiger partial charge in [-0.3, -0.25) is 9.88 Å². The molecule has 0 spiro atoms. The fourth-order valence-corrected chi connectivity index (χ4v) is 2.89. The van der Waals surface area contributed by atoms with Crippen LogP contribution in [0.1, 0.15) is 6.92 Å². The number of hydrogen-bond donors (Lipinski definition) is 1. The van der Waals surface area contributed by atoms with E-state index in [-0.39, 0.29) is 0 Å². The van der Waals surface area contributed by atoms with E-state index in [9.17, 15) is 0 Å². The molecule has 0 aliphatic carbocycles. The minimum atomic E-state index is 0.447. The van der Waals surface area contributed by atoms with Gasteiger partial charge in [-0.1, -0.05) is 18.2 Å². The number of fused-ring (bicyclic) bond motifs is 1. The quantitative estimate of drug-likeness (QED) is 0.791. The Morgan fingerprint density at radius 2 is 2.09 bits per heavy atom. The highest BCUT2D eigenvalue weighted by Gasteiger charge is 2.13. The molecule has 1 aromatic carbocycles. The molecule has 2 heterocycles. The lowest BCUT2D eigenvalue weighted by Crippen LogP contribution is -2.45. The summed E-state index contributed by atoms with van der Waals surface area (Å²) in [5.74, 6) is 0.853. The smallest absolute Gasteiger partial charge is 0.145 e. The largest absolute Gasteiger partial charge is 0.490 e. The number of nitrogens with one attached hydrogen (secondary N) is 1. The highest BCUT2D eigenvalue weighted by atomic mass is 16.5. The van der Waals surface area contributed by atoms with Crippen LogP contribution in [0.4, 0.5) is 0 Å². The zero-order chi connectivity index (χ0) is 15.9. The van der Waals surface area contributed by atoms with Crippen LogP contribution in [0.25, 0.3) is 10.9 Å². The molecule has 0 amide bonds. The van der Waals surface area contributed by atoms with E-state index in [1.54, 1.807) is 6.20 Å². The van der Waals surface area contributed by atoms with Crippen molar-refractivity contribution in [3.8, 4) is 5.75 Å². The van der Waals surface area contributed by atoms with Crippen molar-refractivity contribution in [1.29, 1.82) is 0 Å². The zero-order valence-electron chi connectivity index (χ0n) is 13.7. The molecule has 0 radical (unpaired) electrons. The molecule has 1 aliphatic heterocycles. The molecule has 1 aliphatic rings. The summed E-state index contributed by atoms with van der Waals surface area (Å²) < 4.78 is 11.3. The van der Waals surface area contributed by atoms with Crippen molar-refractivity contribution in [2.75, 3.05) is 46.0 Å². The van der Waals surface area contributed by atoms with E-state index in [2.05, 4.69) is 34.3 Å². The second kappa shape index (κ2) is 8.24. The van der Waals surface area contributed by atoms with E-state index in [0.717, 1.165) is 56.0 Å². The van der Waals surface area contributed by atoms with Gasteiger partial charge < -0.3 is 14.8 Å². The summed E-state index contributed by atoms with van der Waals surface area (Å²) in [6, 6.07) is 10.5. The van der Waals surface area contributed by atoms with Crippen LogP contribution in [0.15, 0.2) is 36.5 Å². The summed E-state index contributed by atoms with van der Waals surface area (Å²) in [4.78, 5) is 6.85. The van der Waals surface area contributed by atoms with Gasteiger partial charge in [-0.05, 0) is 19.1 Å². The normalized spacial score (nSPS) is 17.3. The molecular weight excluding hydrogens is 290 g/mol. The first-order chi connectivity index (χ1) is 11.3. The Bertz CT molecular complexity index is 609. The van der Waals surface area contributed by atoms with E-state index in [4.69, 9.17) is 9.47 Å². The maximum Gasteiger partial charge on any atom is 0.145 e. The molecule has 5 nitrogen and oxygen atoms in total. The van der Waals surface area contributed by atoms with Gasteiger partial charge >= 0.3 is 0 Å². The van der Waals surface area contributed by atoms with Crippen LogP contribution in [-0.2, 0) is 4.74 Å². The third-order valence-electron chi connectivity index (χ3n) is 4.08. The molecule has 2 aromatic rings. The van der Waals surface area contributed by atoms with E-state index in [0.29, 0.717) is 12.6 Å². The molecule has 0 saturated carbocycles. The topological polar surface area (TPSA) is 46.6 Å². The lowest BCUT2D eigenvalue weighted by Gasteiger charge is -2.29. The third-order valence-corrected chi connectivity index (χ3v) is 4.08. The van der Waals surface area contributed by atoms with Crippen LogP contribution in [0.3, 0.4) is 0 Å². The first-order valence-electron chi connectivity index (χ1n) is 8.33. The Balaban J connectivity index is 1.42. The van der Waals surface area contributed by atoms with Gasteiger partial charge in [0, 0.05) is 43.8 Å². The number of morpholine rings is 1. The minimum Gasteiger partial charge on any atom is -0.490 e. The molecular formula is C18H25N3O2. The summed E-state index contributed by atoms with van der Waals surface area (Å²) in [5.41, 5.74) is 0.927. The van der Waals surface area contributed by atoms with Gasteiger partial charge in [0.1, 0.15) is 17.9 Å². The Morgan fingerprint density at radius 1 is 1.26 bits per heavy atom. The molecule has 124 valence electrons. The monoisotopic (exact) mass is 315 g/mol. The van der Waals surface area contributed by atoms with Gasteiger partial charge in [-0.15, -0.1) is 0 Å². The van der Waals surface area contributed by atoms with Crippen LogP contribution < -0.4 is 10.1 Å². The average molecular weight is 315 g/mol. The summed E-state index contributed by atoms with van der Waals surface area (Å²) in [7, 11) is 0. The lowest BCUT2D eigenvalue weighted by molar-refractivity contribution is 0.0343. The number of rotatable bonds is 7. The summed E-state index contributed by atoms with van der Waals surface area (Å²) in [5, 5.41) is 4.63. The Morgan fingerprint density at radius 3 is 2.96 bits per heavy atom. The fraction of sp³-hybridized carbons (Fsp3) is 0.500. The first-order valence-corrected chi connectivity index (χ1v) is 8.33. The van der Waals surface area contributed by atoms with E-state index in [1.807, 2.05) is 18.2 Å². The molecule has 1 saturated heterocycles. The Labute approximate surface area is 137 Å². The van der Waals surface area contributed by atoms with Crippen molar-refractivity contribution in [3.63, 3.8) is 0 Å². The van der Waals surface area contributed by atoms with Crippen LogP contribution in [-0.4, -0.2) is 61.9 Å². The molecule has 0 bridgehead atoms. The zero-order valence-corrected chi connectivity index (χ0v) is 13.7. The minimum absolute atomic E-state index is 0.447. The fourth-order valence-electron chi connectivity index (χ4n) is 2.89. The van der Waals surface area contributed by atoms with Crippen LogP contribution in [0.5, 0.6) is 5.75 Å². The Kier molecular flexibility index (Phi) is 5.80. The van der Waals surface area contributed by atoms with Crippen LogP contribution in [0.2, 0.25) is 0 Å². The van der Waals surface area contributed by atoms with Crippen molar-refractivity contribution in [2.45, 2.75) is 13.0 Å². The standard InChI is InChI=1S/C18H25N3O2/c1-15(14-21-9-12-22-13-10-21)19-8-11-23-17-6-2-4-16-5-3-7-20-18(16)17/h2-7,15,19H,8-14H2,1H3/t15-/m1/s1. The van der Waals surface area contributed by atoms with Gasteiger partial charge in [-0.25, -0.2) is 0 Å². The van der Waals surface area contributed by atoms with Crippen molar-refractivity contribution < 1.29 is 9.47 Å². The van der Waals surface area contributed by atoms with Crippen molar-refractivity contribution in [1.82, 2.24) is 15.2 Å². The molecule has 3 rings (SSSR count). The van der Waals surface area contributed by atoms with Crippen molar-refractivity contribution in [2.24, 2.45) is 0 Å². The molecule has 1 fully saturated rings. The highest BCUT2D eigenvalue weighted by Crippen LogP contribution is 2.22. The van der Waals surface area contributed by atoms with Gasteiger partial charge in [0.25, 0.3) is 0 Å². The average Bonchev–Trinajstić information content (AvgIpc) is 2.60. The molecule has 1 N–H and O–H groups in total. The molecule has 1 atom stereocenters. The van der Waals surface area contributed by atoms with Gasteiger partial charge in [0.2, 0.25) is 0 Å². The predicted molar refractivity (Wildman–Crippen MR) is 92.0 cm³/mol. The Hall–Kier alpha value is -1.69. The van der Waals surface area contributed by atoms with E-state index < -0.39 is 0 Å². The SMILES string of the molecule is C[C@H](CN1CCOCC1)NCCOc1cccc2cccnc12. The van der Waals surface area contributed by atoms with Crippen LogP contribution >= 0.6 is 0 Å². The number of pyridine rings is 1. The molecule has 0 unspecified atom stereocenters. The highest BCUT2D eigenvalue weighted by molar-refractivity contribution is 5.84. The second-order valence-corrected chi connectivity index (χ2v) is 5.95. The predicted octanol–water partition coefficient (Wildman–Crippen LogP) is 1.92. The first kappa shape index (κ1) is 16.2. The van der Waals surface area contributed by atoms with Gasteiger partial charge in [-0.2, -0.15) is 0 Å². The molecule has 5 heteroatoms. The number of aromatic nitrogens is 1.